The number of ether oxygens (including phenoxy) is 1. The van der Waals surface area contributed by atoms with Gasteiger partial charge in [-0.1, -0.05) is 30.3 Å². The molecule has 0 atom stereocenters. The van der Waals surface area contributed by atoms with Crippen LogP contribution in [-0.4, -0.2) is 35.3 Å². The monoisotopic (exact) mass is 498 g/mol. The van der Waals surface area contributed by atoms with Crippen LogP contribution in [0.2, 0.25) is 0 Å². The zero-order valence-electron chi connectivity index (χ0n) is 17.2. The van der Waals surface area contributed by atoms with Gasteiger partial charge in [-0.15, -0.1) is 11.3 Å². The maximum atomic E-state index is 12.7. The molecule has 0 saturated heterocycles. The Morgan fingerprint density at radius 1 is 1.29 bits per heavy atom. The lowest BCUT2D eigenvalue weighted by atomic mass is 10.0. The number of rotatable bonds is 6. The SMILES string of the molecule is CCOC(=O)c1c(N=Cc2ccc(O)c(Br)c2)sc2c1CCN(Cc1ccccc1)C2. The van der Waals surface area contributed by atoms with E-state index in [1.165, 1.54) is 10.4 Å². The number of hydrogen-bond donors (Lipinski definition) is 1. The normalized spacial score (nSPS) is 14.0. The van der Waals surface area contributed by atoms with Crippen molar-refractivity contribution in [1.29, 1.82) is 0 Å². The van der Waals surface area contributed by atoms with E-state index in [2.05, 4.69) is 50.1 Å². The number of benzene rings is 2. The Kier molecular flexibility index (Phi) is 6.85. The van der Waals surface area contributed by atoms with Crippen LogP contribution in [0.1, 0.15) is 38.8 Å². The first-order chi connectivity index (χ1) is 15.0. The van der Waals surface area contributed by atoms with Gasteiger partial charge in [0.1, 0.15) is 10.8 Å². The molecule has 0 bridgehead atoms. The molecule has 1 aromatic heterocycles. The highest BCUT2D eigenvalue weighted by Crippen LogP contribution is 2.39. The van der Waals surface area contributed by atoms with E-state index in [1.54, 1.807) is 35.8 Å². The van der Waals surface area contributed by atoms with Gasteiger partial charge >= 0.3 is 5.97 Å². The predicted molar refractivity (Wildman–Crippen MR) is 128 cm³/mol. The number of carbonyl (C=O) groups excluding carboxylic acids is 1. The summed E-state index contributed by atoms with van der Waals surface area (Å²) in [6.45, 7) is 4.71. The lowest BCUT2D eigenvalue weighted by molar-refractivity contribution is 0.0526. The van der Waals surface area contributed by atoms with Gasteiger partial charge in [0.2, 0.25) is 0 Å². The number of halogens is 1. The average Bonchev–Trinajstić information content (AvgIpc) is 3.13. The van der Waals surface area contributed by atoms with Gasteiger partial charge in [0.05, 0.1) is 16.6 Å². The molecule has 0 aliphatic carbocycles. The highest BCUT2D eigenvalue weighted by Gasteiger charge is 2.28. The maximum Gasteiger partial charge on any atom is 0.341 e. The summed E-state index contributed by atoms with van der Waals surface area (Å²) in [6, 6.07) is 15.6. The molecule has 31 heavy (non-hydrogen) atoms. The largest absolute Gasteiger partial charge is 0.507 e. The molecule has 2 aromatic carbocycles. The Hall–Kier alpha value is -2.48. The van der Waals surface area contributed by atoms with E-state index in [0.29, 0.717) is 21.6 Å². The zero-order chi connectivity index (χ0) is 21.8. The van der Waals surface area contributed by atoms with Gasteiger partial charge in [-0.2, -0.15) is 0 Å². The highest BCUT2D eigenvalue weighted by atomic mass is 79.9. The van der Waals surface area contributed by atoms with Gasteiger partial charge in [0, 0.05) is 30.7 Å². The molecular formula is C24H23BrN2O3S. The number of hydrogen-bond acceptors (Lipinski definition) is 6. The van der Waals surface area contributed by atoms with Crippen LogP contribution in [0.4, 0.5) is 5.00 Å². The van der Waals surface area contributed by atoms with Crippen LogP contribution in [0, 0.1) is 0 Å². The molecule has 0 fully saturated rings. The first kappa shape index (κ1) is 21.7. The molecule has 3 aromatic rings. The minimum absolute atomic E-state index is 0.175. The van der Waals surface area contributed by atoms with Crippen molar-refractivity contribution in [1.82, 2.24) is 4.90 Å². The van der Waals surface area contributed by atoms with Crippen molar-refractivity contribution in [2.24, 2.45) is 4.99 Å². The third-order valence-corrected chi connectivity index (χ3v) is 6.91. The van der Waals surface area contributed by atoms with E-state index in [4.69, 9.17) is 4.74 Å². The summed E-state index contributed by atoms with van der Waals surface area (Å²) in [5.74, 6) is -0.134. The van der Waals surface area contributed by atoms with Crippen LogP contribution in [0.5, 0.6) is 5.75 Å². The van der Waals surface area contributed by atoms with E-state index >= 15 is 0 Å². The van der Waals surface area contributed by atoms with Crippen LogP contribution in [-0.2, 0) is 24.2 Å². The van der Waals surface area contributed by atoms with Crippen LogP contribution >= 0.6 is 27.3 Å². The van der Waals surface area contributed by atoms with Gasteiger partial charge in [0.15, 0.2) is 0 Å². The van der Waals surface area contributed by atoms with Crippen LogP contribution in [0.25, 0.3) is 0 Å². The van der Waals surface area contributed by atoms with E-state index in [-0.39, 0.29) is 11.7 Å². The number of esters is 1. The lowest BCUT2D eigenvalue weighted by Gasteiger charge is -2.27. The minimum Gasteiger partial charge on any atom is -0.507 e. The third-order valence-electron chi connectivity index (χ3n) is 5.15. The van der Waals surface area contributed by atoms with Gasteiger partial charge in [0.25, 0.3) is 0 Å². The number of aromatic hydroxyl groups is 1. The summed E-state index contributed by atoms with van der Waals surface area (Å²) >= 11 is 4.88. The number of nitrogens with zero attached hydrogens (tertiary/aromatic N) is 2. The molecule has 1 N–H and O–H groups in total. The topological polar surface area (TPSA) is 62.1 Å². The van der Waals surface area contributed by atoms with Crippen molar-refractivity contribution < 1.29 is 14.6 Å². The van der Waals surface area contributed by atoms with Crippen molar-refractivity contribution in [3.63, 3.8) is 0 Å². The number of phenols is 1. The first-order valence-electron chi connectivity index (χ1n) is 10.2. The Bertz CT molecular complexity index is 1110. The second-order valence-electron chi connectivity index (χ2n) is 7.32. The van der Waals surface area contributed by atoms with Gasteiger partial charge in [-0.3, -0.25) is 4.90 Å². The zero-order valence-corrected chi connectivity index (χ0v) is 19.6. The van der Waals surface area contributed by atoms with Gasteiger partial charge in [-0.05, 0) is 64.2 Å². The highest BCUT2D eigenvalue weighted by molar-refractivity contribution is 9.10. The van der Waals surface area contributed by atoms with Crippen LogP contribution in [0.15, 0.2) is 58.0 Å². The molecule has 0 unspecified atom stereocenters. The van der Waals surface area contributed by atoms with Crippen molar-refractivity contribution in [2.45, 2.75) is 26.4 Å². The number of aliphatic imine (C=N–C) groups is 1. The molecular weight excluding hydrogens is 476 g/mol. The number of phenolic OH excluding ortho intramolecular Hbond substituents is 1. The average molecular weight is 499 g/mol. The van der Waals surface area contributed by atoms with E-state index < -0.39 is 0 Å². The van der Waals surface area contributed by atoms with Crippen molar-refractivity contribution >= 4 is 44.5 Å². The molecule has 7 heteroatoms. The molecule has 0 amide bonds. The molecule has 160 valence electrons. The summed E-state index contributed by atoms with van der Waals surface area (Å²) in [6.07, 6.45) is 2.51. The smallest absolute Gasteiger partial charge is 0.341 e. The summed E-state index contributed by atoms with van der Waals surface area (Å²) in [4.78, 5) is 20.9. The summed E-state index contributed by atoms with van der Waals surface area (Å²) in [5.41, 5.74) is 3.77. The number of thiophene rings is 1. The molecule has 1 aliphatic heterocycles. The summed E-state index contributed by atoms with van der Waals surface area (Å²) < 4.78 is 5.94. The Labute approximate surface area is 194 Å². The van der Waals surface area contributed by atoms with Crippen molar-refractivity contribution in [3.05, 3.63) is 80.1 Å². The second-order valence-corrected chi connectivity index (χ2v) is 9.26. The molecule has 0 radical (unpaired) electrons. The second kappa shape index (κ2) is 9.77. The van der Waals surface area contributed by atoms with Crippen LogP contribution in [0.3, 0.4) is 0 Å². The summed E-state index contributed by atoms with van der Waals surface area (Å²) in [7, 11) is 0. The molecule has 4 rings (SSSR count). The fourth-order valence-electron chi connectivity index (χ4n) is 3.66. The Morgan fingerprint density at radius 2 is 2.10 bits per heavy atom. The van der Waals surface area contributed by atoms with E-state index in [0.717, 1.165) is 37.2 Å². The Balaban J connectivity index is 1.62. The van der Waals surface area contributed by atoms with Gasteiger partial charge < -0.3 is 9.84 Å². The standard InChI is InChI=1S/C24H23BrN2O3S/c1-2-30-24(29)22-18-10-11-27(14-16-6-4-3-5-7-16)15-21(18)31-23(22)26-13-17-8-9-20(28)19(25)12-17/h3-9,12-13,28H,2,10-11,14-15H2,1H3. The maximum absolute atomic E-state index is 12.7. The summed E-state index contributed by atoms with van der Waals surface area (Å²) in [5, 5.41) is 10.4. The van der Waals surface area contributed by atoms with E-state index in [9.17, 15) is 9.90 Å². The molecule has 5 nitrogen and oxygen atoms in total. The van der Waals surface area contributed by atoms with Crippen LogP contribution < -0.4 is 0 Å². The fraction of sp³-hybridized carbons (Fsp3) is 0.250. The molecule has 0 spiro atoms. The number of carbonyl (C=O) groups is 1. The lowest BCUT2D eigenvalue weighted by Crippen LogP contribution is -2.29. The quantitative estimate of drug-likeness (QED) is 0.349. The molecule has 0 saturated carbocycles. The third kappa shape index (κ3) is 5.06. The number of fused-ring (bicyclic) bond motifs is 1. The van der Waals surface area contributed by atoms with E-state index in [1.807, 2.05) is 13.0 Å². The first-order valence-corrected chi connectivity index (χ1v) is 11.8. The van der Waals surface area contributed by atoms with Crippen molar-refractivity contribution in [3.8, 4) is 5.75 Å². The predicted octanol–water partition coefficient (Wildman–Crippen LogP) is 5.70. The van der Waals surface area contributed by atoms with Gasteiger partial charge in [-0.25, -0.2) is 9.79 Å². The minimum atomic E-state index is -0.310. The fourth-order valence-corrected chi connectivity index (χ4v) is 5.28. The molecule has 1 aliphatic rings. The van der Waals surface area contributed by atoms with Crippen molar-refractivity contribution in [2.75, 3.05) is 13.2 Å². The molecule has 2 heterocycles. The Morgan fingerprint density at radius 3 is 2.84 bits per heavy atom.